The average Bonchev–Trinajstić information content (AvgIpc) is 2.85. The largest absolute Gasteiger partial charge is 0.357 e. The van der Waals surface area contributed by atoms with Gasteiger partial charge in [0, 0.05) is 13.6 Å². The molecule has 0 aromatic heterocycles. The van der Waals surface area contributed by atoms with Crippen molar-refractivity contribution in [3.63, 3.8) is 0 Å². The van der Waals surface area contributed by atoms with Crippen molar-refractivity contribution in [1.29, 1.82) is 0 Å². The number of likely N-dealkylation sites (N-methyl/N-ethyl adjacent to an activating group) is 1. The Morgan fingerprint density at radius 3 is 2.17 bits per heavy atom. The van der Waals surface area contributed by atoms with Crippen LogP contribution < -0.4 is 9.62 Å². The van der Waals surface area contributed by atoms with Gasteiger partial charge in [0.2, 0.25) is 11.8 Å². The number of rotatable bonds is 9. The molecule has 0 bridgehead atoms. The Balaban J connectivity index is 2.02. The van der Waals surface area contributed by atoms with Crippen LogP contribution in [0, 0.1) is 19.7 Å². The molecule has 1 unspecified atom stereocenters. The Bertz CT molecular complexity index is 1330. The number of halogens is 1. The van der Waals surface area contributed by atoms with Crippen LogP contribution in [-0.4, -0.2) is 44.8 Å². The molecule has 3 aromatic carbocycles. The van der Waals surface area contributed by atoms with Gasteiger partial charge in [-0.2, -0.15) is 0 Å². The average molecular weight is 512 g/mol. The SMILES string of the molecule is CNC(=O)C(C)N(Cc1cccc(C)c1)C(=O)CN(c1ccc(F)cc1)S(=O)(=O)c1ccc(C)cc1. The molecule has 0 radical (unpaired) electrons. The highest BCUT2D eigenvalue weighted by Crippen LogP contribution is 2.25. The molecule has 1 N–H and O–H groups in total. The second-order valence-electron chi connectivity index (χ2n) is 8.60. The predicted octanol–water partition coefficient (Wildman–Crippen LogP) is 3.80. The van der Waals surface area contributed by atoms with E-state index in [2.05, 4.69) is 5.32 Å². The fraction of sp³-hybridized carbons (Fsp3) is 0.259. The number of hydrogen-bond acceptors (Lipinski definition) is 4. The molecule has 3 rings (SSSR count). The molecule has 0 fully saturated rings. The van der Waals surface area contributed by atoms with Gasteiger partial charge >= 0.3 is 0 Å². The van der Waals surface area contributed by atoms with Gasteiger partial charge < -0.3 is 10.2 Å². The first kappa shape index (κ1) is 26.9. The molecule has 0 saturated heterocycles. The molecule has 0 saturated carbocycles. The van der Waals surface area contributed by atoms with Gasteiger partial charge in [-0.05, 0) is 62.7 Å². The Kier molecular flexibility index (Phi) is 8.47. The summed E-state index contributed by atoms with van der Waals surface area (Å²) in [6.45, 7) is 4.87. The van der Waals surface area contributed by atoms with E-state index in [1.54, 1.807) is 19.1 Å². The number of hydrogen-bond donors (Lipinski definition) is 1. The van der Waals surface area contributed by atoms with Crippen LogP contribution >= 0.6 is 0 Å². The Hall–Kier alpha value is -3.72. The summed E-state index contributed by atoms with van der Waals surface area (Å²) in [7, 11) is -2.71. The molecule has 7 nitrogen and oxygen atoms in total. The van der Waals surface area contributed by atoms with Crippen molar-refractivity contribution < 1.29 is 22.4 Å². The van der Waals surface area contributed by atoms with Crippen LogP contribution in [0.3, 0.4) is 0 Å². The fourth-order valence-electron chi connectivity index (χ4n) is 3.77. The summed E-state index contributed by atoms with van der Waals surface area (Å²) < 4.78 is 41.8. The molecule has 2 amide bonds. The third kappa shape index (κ3) is 6.28. The monoisotopic (exact) mass is 511 g/mol. The first-order valence-corrected chi connectivity index (χ1v) is 12.9. The minimum atomic E-state index is -4.18. The van der Waals surface area contributed by atoms with E-state index in [-0.39, 0.29) is 23.0 Å². The summed E-state index contributed by atoms with van der Waals surface area (Å²) >= 11 is 0. The highest BCUT2D eigenvalue weighted by Gasteiger charge is 2.32. The maximum Gasteiger partial charge on any atom is 0.264 e. The summed E-state index contributed by atoms with van der Waals surface area (Å²) in [6.07, 6.45) is 0. The lowest BCUT2D eigenvalue weighted by Crippen LogP contribution is -2.50. The molecule has 0 aliphatic carbocycles. The minimum Gasteiger partial charge on any atom is -0.357 e. The molecule has 3 aromatic rings. The van der Waals surface area contributed by atoms with Crippen molar-refractivity contribution in [2.45, 2.75) is 38.3 Å². The zero-order valence-corrected chi connectivity index (χ0v) is 21.5. The van der Waals surface area contributed by atoms with Crippen LogP contribution in [0.4, 0.5) is 10.1 Å². The number of benzene rings is 3. The van der Waals surface area contributed by atoms with Crippen molar-refractivity contribution in [1.82, 2.24) is 10.2 Å². The zero-order valence-electron chi connectivity index (χ0n) is 20.7. The van der Waals surface area contributed by atoms with Crippen LogP contribution in [0.1, 0.15) is 23.6 Å². The van der Waals surface area contributed by atoms with Crippen LogP contribution in [0.2, 0.25) is 0 Å². The molecule has 0 aliphatic rings. The number of aryl methyl sites for hydroxylation is 2. The molecular formula is C27H30FN3O4S. The van der Waals surface area contributed by atoms with Crippen molar-refractivity contribution in [2.24, 2.45) is 0 Å². The summed E-state index contributed by atoms with van der Waals surface area (Å²) in [5.74, 6) is -1.49. The highest BCUT2D eigenvalue weighted by atomic mass is 32.2. The lowest BCUT2D eigenvalue weighted by atomic mass is 10.1. The highest BCUT2D eigenvalue weighted by molar-refractivity contribution is 7.92. The van der Waals surface area contributed by atoms with E-state index >= 15 is 0 Å². The topological polar surface area (TPSA) is 86.8 Å². The van der Waals surface area contributed by atoms with Gasteiger partial charge in [-0.1, -0.05) is 47.5 Å². The number of anilines is 1. The second-order valence-corrected chi connectivity index (χ2v) is 10.5. The molecule has 9 heteroatoms. The number of carbonyl (C=O) groups is 2. The van der Waals surface area contributed by atoms with E-state index in [0.29, 0.717) is 0 Å². The third-order valence-corrected chi connectivity index (χ3v) is 7.64. The Labute approximate surface area is 211 Å². The van der Waals surface area contributed by atoms with E-state index in [1.165, 1.54) is 36.2 Å². The summed E-state index contributed by atoms with van der Waals surface area (Å²) in [6, 6.07) is 17.8. The smallest absolute Gasteiger partial charge is 0.264 e. The van der Waals surface area contributed by atoms with Crippen LogP contribution in [0.15, 0.2) is 77.7 Å². The second kappa shape index (κ2) is 11.3. The number of amides is 2. The summed E-state index contributed by atoms with van der Waals surface area (Å²) in [4.78, 5) is 27.5. The number of nitrogens with one attached hydrogen (secondary N) is 1. The normalized spacial score (nSPS) is 12.0. The van der Waals surface area contributed by atoms with Crippen molar-refractivity contribution in [3.05, 3.63) is 95.3 Å². The predicted molar refractivity (Wildman–Crippen MR) is 137 cm³/mol. The van der Waals surface area contributed by atoms with Crippen LogP contribution in [0.25, 0.3) is 0 Å². The first-order chi connectivity index (χ1) is 17.0. The lowest BCUT2D eigenvalue weighted by Gasteiger charge is -2.31. The Morgan fingerprint density at radius 1 is 0.944 bits per heavy atom. The van der Waals surface area contributed by atoms with Gasteiger partial charge in [-0.3, -0.25) is 13.9 Å². The summed E-state index contributed by atoms with van der Waals surface area (Å²) in [5.41, 5.74) is 2.80. The lowest BCUT2D eigenvalue weighted by molar-refractivity contribution is -0.139. The maximum atomic E-state index is 13.6. The molecule has 0 heterocycles. The van der Waals surface area contributed by atoms with E-state index in [0.717, 1.165) is 33.1 Å². The molecule has 0 spiro atoms. The van der Waals surface area contributed by atoms with E-state index in [4.69, 9.17) is 0 Å². The first-order valence-electron chi connectivity index (χ1n) is 11.4. The standard InChI is InChI=1S/C27H30FN3O4S/c1-19-8-14-25(15-9-19)36(34,35)31(24-12-10-23(28)11-13-24)18-26(32)30(21(3)27(33)29-4)17-22-7-5-6-20(2)16-22/h5-16,21H,17-18H2,1-4H3,(H,29,33). The maximum absolute atomic E-state index is 13.6. The van der Waals surface area contributed by atoms with Crippen LogP contribution in [-0.2, 0) is 26.2 Å². The molecule has 0 aliphatic heterocycles. The quantitative estimate of drug-likeness (QED) is 0.474. The fourth-order valence-corrected chi connectivity index (χ4v) is 5.19. The molecular weight excluding hydrogens is 481 g/mol. The number of carbonyl (C=O) groups excluding carboxylic acids is 2. The molecule has 36 heavy (non-hydrogen) atoms. The third-order valence-electron chi connectivity index (χ3n) is 5.85. The van der Waals surface area contributed by atoms with Gasteiger partial charge in [0.05, 0.1) is 10.6 Å². The van der Waals surface area contributed by atoms with Gasteiger partial charge in [0.25, 0.3) is 10.0 Å². The van der Waals surface area contributed by atoms with Gasteiger partial charge in [0.1, 0.15) is 18.4 Å². The van der Waals surface area contributed by atoms with Gasteiger partial charge in [0.15, 0.2) is 0 Å². The number of sulfonamides is 1. The zero-order chi connectivity index (χ0) is 26.5. The minimum absolute atomic E-state index is 0.00481. The van der Waals surface area contributed by atoms with Crippen LogP contribution in [0.5, 0.6) is 0 Å². The van der Waals surface area contributed by atoms with Crippen molar-refractivity contribution in [3.8, 4) is 0 Å². The van der Waals surface area contributed by atoms with Crippen molar-refractivity contribution >= 4 is 27.5 Å². The van der Waals surface area contributed by atoms with Gasteiger partial charge in [-0.25, -0.2) is 12.8 Å². The van der Waals surface area contributed by atoms with Gasteiger partial charge in [-0.15, -0.1) is 0 Å². The molecule has 1 atom stereocenters. The summed E-state index contributed by atoms with van der Waals surface area (Å²) in [5, 5.41) is 2.54. The van der Waals surface area contributed by atoms with Crippen molar-refractivity contribution in [2.75, 3.05) is 17.9 Å². The Morgan fingerprint density at radius 2 is 1.58 bits per heavy atom. The van der Waals surface area contributed by atoms with E-state index in [1.807, 2.05) is 38.1 Å². The number of nitrogens with zero attached hydrogens (tertiary/aromatic N) is 2. The van der Waals surface area contributed by atoms with E-state index < -0.39 is 34.3 Å². The van der Waals surface area contributed by atoms with E-state index in [9.17, 15) is 22.4 Å². The molecule has 190 valence electrons.